The third-order valence-corrected chi connectivity index (χ3v) is 2.86. The molecule has 3 nitrogen and oxygen atoms in total. The zero-order valence-electron chi connectivity index (χ0n) is 10.4. The van der Waals surface area contributed by atoms with Crippen molar-refractivity contribution in [3.8, 4) is 0 Å². The van der Waals surface area contributed by atoms with Gasteiger partial charge in [0.05, 0.1) is 6.61 Å². The molecule has 0 aromatic heterocycles. The molecule has 0 atom stereocenters. The third-order valence-electron chi connectivity index (χ3n) is 2.86. The van der Waals surface area contributed by atoms with E-state index < -0.39 is 0 Å². The lowest BCUT2D eigenvalue weighted by molar-refractivity contribution is 0.0879. The van der Waals surface area contributed by atoms with Gasteiger partial charge in [-0.15, -0.1) is 0 Å². The van der Waals surface area contributed by atoms with Gasteiger partial charge in [0.2, 0.25) is 0 Å². The first-order valence-electron chi connectivity index (χ1n) is 6.06. The van der Waals surface area contributed by atoms with E-state index in [1.807, 2.05) is 32.0 Å². The van der Waals surface area contributed by atoms with Gasteiger partial charge in [0.1, 0.15) is 0 Å². The van der Waals surface area contributed by atoms with E-state index in [-0.39, 0.29) is 6.09 Å². The van der Waals surface area contributed by atoms with Gasteiger partial charge >= 0.3 is 6.09 Å². The Morgan fingerprint density at radius 3 is 3.12 bits per heavy atom. The molecule has 1 aliphatic heterocycles. The summed E-state index contributed by atoms with van der Waals surface area (Å²) in [6.45, 7) is 5.96. The molecule has 1 radical (unpaired) electrons. The highest BCUT2D eigenvalue weighted by atomic mass is 16.6. The van der Waals surface area contributed by atoms with E-state index in [9.17, 15) is 4.79 Å². The van der Waals surface area contributed by atoms with Gasteiger partial charge in [-0.1, -0.05) is 32.0 Å². The summed E-state index contributed by atoms with van der Waals surface area (Å²) >= 11 is 0. The number of benzene rings is 1. The van der Waals surface area contributed by atoms with E-state index in [0.29, 0.717) is 19.1 Å². The van der Waals surface area contributed by atoms with Crippen LogP contribution in [0, 0.1) is 12.0 Å². The molecule has 17 heavy (non-hydrogen) atoms. The Morgan fingerprint density at radius 2 is 2.35 bits per heavy atom. The van der Waals surface area contributed by atoms with Crippen LogP contribution in [0.1, 0.15) is 25.0 Å². The fourth-order valence-electron chi connectivity index (χ4n) is 1.91. The molecule has 1 aromatic carbocycles. The van der Waals surface area contributed by atoms with Crippen LogP contribution in [-0.4, -0.2) is 24.1 Å². The SMILES string of the molecule is CC(C)COC(=O)N1CCc2c[c]ccc2C1. The maximum absolute atomic E-state index is 11.8. The van der Waals surface area contributed by atoms with Crippen molar-refractivity contribution >= 4 is 6.09 Å². The van der Waals surface area contributed by atoms with Crippen molar-refractivity contribution in [3.63, 3.8) is 0 Å². The van der Waals surface area contributed by atoms with Gasteiger partial charge in [-0.25, -0.2) is 4.79 Å². The van der Waals surface area contributed by atoms with Crippen LogP contribution in [0.3, 0.4) is 0 Å². The first-order chi connectivity index (χ1) is 8.16. The van der Waals surface area contributed by atoms with E-state index in [4.69, 9.17) is 4.74 Å². The highest BCUT2D eigenvalue weighted by molar-refractivity contribution is 5.68. The number of amides is 1. The summed E-state index contributed by atoms with van der Waals surface area (Å²) in [5.74, 6) is 0.380. The molecule has 3 heteroatoms. The molecular formula is C14H18NO2. The number of ether oxygens (including phenoxy) is 1. The number of hydrogen-bond acceptors (Lipinski definition) is 2. The summed E-state index contributed by atoms with van der Waals surface area (Å²) in [6.07, 6.45) is 0.695. The lowest BCUT2D eigenvalue weighted by atomic mass is 10.0. The first kappa shape index (κ1) is 12.0. The van der Waals surface area contributed by atoms with Crippen molar-refractivity contribution in [1.82, 2.24) is 4.90 Å². The van der Waals surface area contributed by atoms with Crippen molar-refractivity contribution < 1.29 is 9.53 Å². The van der Waals surface area contributed by atoms with Gasteiger partial charge in [0.15, 0.2) is 0 Å². The van der Waals surface area contributed by atoms with Crippen LogP contribution in [0.15, 0.2) is 18.2 Å². The third kappa shape index (κ3) is 2.99. The van der Waals surface area contributed by atoms with E-state index in [1.54, 1.807) is 4.90 Å². The van der Waals surface area contributed by atoms with Crippen LogP contribution in [0.2, 0.25) is 0 Å². The van der Waals surface area contributed by atoms with E-state index in [1.165, 1.54) is 11.1 Å². The van der Waals surface area contributed by atoms with E-state index in [2.05, 4.69) is 6.07 Å². The molecule has 1 aromatic rings. The minimum atomic E-state index is -0.197. The molecule has 0 bridgehead atoms. The van der Waals surface area contributed by atoms with Gasteiger partial charge in [-0.3, -0.25) is 0 Å². The molecule has 0 saturated heterocycles. The fourth-order valence-corrected chi connectivity index (χ4v) is 1.91. The van der Waals surface area contributed by atoms with Gasteiger partial charge in [0.25, 0.3) is 0 Å². The number of carbonyl (C=O) groups excluding carboxylic acids is 1. The highest BCUT2D eigenvalue weighted by Gasteiger charge is 2.21. The molecule has 0 spiro atoms. The molecule has 0 N–H and O–H groups in total. The van der Waals surface area contributed by atoms with Gasteiger partial charge in [0, 0.05) is 13.1 Å². The topological polar surface area (TPSA) is 29.5 Å². The second kappa shape index (κ2) is 5.21. The van der Waals surface area contributed by atoms with Crippen LogP contribution in [0.25, 0.3) is 0 Å². The lowest BCUT2D eigenvalue weighted by Crippen LogP contribution is -2.36. The van der Waals surface area contributed by atoms with Crippen LogP contribution in [0.5, 0.6) is 0 Å². The fraction of sp³-hybridized carbons (Fsp3) is 0.500. The number of hydrogen-bond donors (Lipinski definition) is 0. The van der Waals surface area contributed by atoms with Gasteiger partial charge < -0.3 is 9.64 Å². The zero-order chi connectivity index (χ0) is 12.3. The van der Waals surface area contributed by atoms with Crippen LogP contribution >= 0.6 is 0 Å². The van der Waals surface area contributed by atoms with E-state index in [0.717, 1.165) is 13.0 Å². The van der Waals surface area contributed by atoms with Crippen molar-refractivity contribution in [1.29, 1.82) is 0 Å². The summed E-state index contributed by atoms with van der Waals surface area (Å²) in [5, 5.41) is 0. The number of nitrogens with zero attached hydrogens (tertiary/aromatic N) is 1. The predicted octanol–water partition coefficient (Wildman–Crippen LogP) is 2.64. The monoisotopic (exact) mass is 232 g/mol. The van der Waals surface area contributed by atoms with E-state index >= 15 is 0 Å². The van der Waals surface area contributed by atoms with Crippen LogP contribution in [-0.2, 0) is 17.7 Å². The molecule has 0 aliphatic carbocycles. The maximum Gasteiger partial charge on any atom is 0.410 e. The molecule has 1 aliphatic rings. The second-order valence-electron chi connectivity index (χ2n) is 4.84. The molecule has 1 heterocycles. The standard InChI is InChI=1S/C14H18NO2/c1-11(2)10-17-14(16)15-8-7-12-5-3-4-6-13(12)9-15/h4-6,11H,7-10H2,1-2H3. The summed E-state index contributed by atoms with van der Waals surface area (Å²) in [6, 6.07) is 8.99. The largest absolute Gasteiger partial charge is 0.449 e. The van der Waals surface area contributed by atoms with Crippen molar-refractivity contribution in [3.05, 3.63) is 35.4 Å². The summed E-state index contributed by atoms with van der Waals surface area (Å²) < 4.78 is 5.24. The molecule has 0 fully saturated rings. The lowest BCUT2D eigenvalue weighted by Gasteiger charge is -2.28. The summed E-state index contributed by atoms with van der Waals surface area (Å²) in [7, 11) is 0. The number of carbonyl (C=O) groups is 1. The minimum Gasteiger partial charge on any atom is -0.449 e. The van der Waals surface area contributed by atoms with Gasteiger partial charge in [-0.2, -0.15) is 0 Å². The smallest absolute Gasteiger partial charge is 0.410 e. The molecule has 2 rings (SSSR count). The average molecular weight is 232 g/mol. The Labute approximate surface area is 102 Å². The molecule has 0 saturated carbocycles. The highest BCUT2D eigenvalue weighted by Crippen LogP contribution is 2.18. The second-order valence-corrected chi connectivity index (χ2v) is 4.84. The molecule has 0 unspecified atom stereocenters. The zero-order valence-corrected chi connectivity index (χ0v) is 10.4. The van der Waals surface area contributed by atoms with Crippen molar-refractivity contribution in [2.45, 2.75) is 26.8 Å². The maximum atomic E-state index is 11.8. The minimum absolute atomic E-state index is 0.197. The Kier molecular flexibility index (Phi) is 3.67. The number of fused-ring (bicyclic) bond motifs is 1. The average Bonchev–Trinajstić information content (AvgIpc) is 2.35. The Balaban J connectivity index is 1.95. The van der Waals surface area contributed by atoms with Crippen molar-refractivity contribution in [2.24, 2.45) is 5.92 Å². The molecular weight excluding hydrogens is 214 g/mol. The molecule has 91 valence electrons. The van der Waals surface area contributed by atoms with Gasteiger partial charge in [-0.05, 0) is 29.5 Å². The molecule has 1 amide bonds. The summed E-state index contributed by atoms with van der Waals surface area (Å²) in [4.78, 5) is 13.6. The van der Waals surface area contributed by atoms with Crippen LogP contribution < -0.4 is 0 Å². The number of rotatable bonds is 2. The Bertz CT molecular complexity index is 401. The van der Waals surface area contributed by atoms with Crippen molar-refractivity contribution in [2.75, 3.05) is 13.2 Å². The normalized spacial score (nSPS) is 14.6. The summed E-state index contributed by atoms with van der Waals surface area (Å²) in [5.41, 5.74) is 2.50. The van der Waals surface area contributed by atoms with Crippen LogP contribution in [0.4, 0.5) is 4.79 Å². The quantitative estimate of drug-likeness (QED) is 0.784. The Hall–Kier alpha value is -1.51. The predicted molar refractivity (Wildman–Crippen MR) is 65.6 cm³/mol. The Morgan fingerprint density at radius 1 is 1.53 bits per heavy atom. The first-order valence-corrected chi connectivity index (χ1v) is 6.06.